The minimum Gasteiger partial charge on any atom is -0.349 e. The van der Waals surface area contributed by atoms with E-state index in [1.165, 1.54) is 5.56 Å². The van der Waals surface area contributed by atoms with Crippen LogP contribution in [-0.4, -0.2) is 39.7 Å². The molecule has 1 heterocycles. The van der Waals surface area contributed by atoms with Crippen molar-refractivity contribution < 1.29 is 0 Å². The molecule has 106 valence electrons. The van der Waals surface area contributed by atoms with E-state index in [1.807, 2.05) is 44.2 Å². The van der Waals surface area contributed by atoms with Gasteiger partial charge in [-0.15, -0.1) is 0 Å². The Morgan fingerprint density at radius 1 is 1.30 bits per heavy atom. The average Bonchev–Trinajstić information content (AvgIpc) is 2.85. The lowest BCUT2D eigenvalue weighted by Crippen LogP contribution is -2.36. The van der Waals surface area contributed by atoms with Gasteiger partial charge in [0.15, 0.2) is 5.96 Å². The highest BCUT2D eigenvalue weighted by molar-refractivity contribution is 5.79. The first-order valence-corrected chi connectivity index (χ1v) is 6.49. The van der Waals surface area contributed by atoms with Crippen molar-refractivity contribution in [1.82, 2.24) is 25.0 Å². The number of nitrogens with one attached hydrogen (secondary N) is 1. The molecule has 0 atom stereocenters. The number of nitrogens with zero attached hydrogens (tertiary/aromatic N) is 5. The van der Waals surface area contributed by atoms with Crippen LogP contribution in [0.4, 0.5) is 0 Å². The Bertz CT molecular complexity index is 558. The molecule has 2 aromatic rings. The minimum atomic E-state index is 0.600. The smallest absolute Gasteiger partial charge is 0.194 e. The normalized spacial score (nSPS) is 11.4. The van der Waals surface area contributed by atoms with Crippen LogP contribution >= 0.6 is 0 Å². The van der Waals surface area contributed by atoms with Gasteiger partial charge in [0, 0.05) is 21.1 Å². The van der Waals surface area contributed by atoms with Crippen LogP contribution in [0.25, 0.3) is 0 Å². The molecule has 2 rings (SSSR count). The lowest BCUT2D eigenvalue weighted by Gasteiger charge is -2.17. The number of hydrogen-bond acceptors (Lipinski definition) is 3. The highest BCUT2D eigenvalue weighted by atomic mass is 15.3. The van der Waals surface area contributed by atoms with E-state index in [9.17, 15) is 0 Å². The maximum absolute atomic E-state index is 4.60. The van der Waals surface area contributed by atoms with Gasteiger partial charge in [-0.2, -0.15) is 5.10 Å². The van der Waals surface area contributed by atoms with Gasteiger partial charge in [0.05, 0.1) is 13.1 Å². The van der Waals surface area contributed by atoms with Gasteiger partial charge in [-0.1, -0.05) is 30.3 Å². The molecule has 6 nitrogen and oxygen atoms in total. The number of aryl methyl sites for hydroxylation is 1. The van der Waals surface area contributed by atoms with Crippen molar-refractivity contribution in [3.8, 4) is 0 Å². The summed E-state index contributed by atoms with van der Waals surface area (Å²) < 4.78 is 1.75. The molecule has 0 saturated heterocycles. The summed E-state index contributed by atoms with van der Waals surface area (Å²) in [5, 5.41) is 7.33. The second-order valence-corrected chi connectivity index (χ2v) is 4.67. The summed E-state index contributed by atoms with van der Waals surface area (Å²) in [6.07, 6.45) is 1.55. The van der Waals surface area contributed by atoms with E-state index in [-0.39, 0.29) is 0 Å². The van der Waals surface area contributed by atoms with Crippen molar-refractivity contribution in [3.63, 3.8) is 0 Å². The number of benzene rings is 1. The van der Waals surface area contributed by atoms with Crippen molar-refractivity contribution in [1.29, 1.82) is 0 Å². The SMILES string of the molecule is CN(C)C(=NCc1ccccc1)NCc1ncnn1C. The third-order valence-corrected chi connectivity index (χ3v) is 2.89. The summed E-state index contributed by atoms with van der Waals surface area (Å²) in [6.45, 7) is 1.25. The highest BCUT2D eigenvalue weighted by Gasteiger charge is 2.04. The topological polar surface area (TPSA) is 58.3 Å². The third-order valence-electron chi connectivity index (χ3n) is 2.89. The van der Waals surface area contributed by atoms with Gasteiger partial charge in [-0.05, 0) is 5.56 Å². The first-order chi connectivity index (χ1) is 9.66. The molecule has 0 unspecified atom stereocenters. The zero-order chi connectivity index (χ0) is 14.4. The first kappa shape index (κ1) is 14.0. The monoisotopic (exact) mass is 272 g/mol. The molecule has 0 saturated carbocycles. The summed E-state index contributed by atoms with van der Waals surface area (Å²) in [4.78, 5) is 10.7. The molecule has 1 aromatic carbocycles. The van der Waals surface area contributed by atoms with Crippen molar-refractivity contribution in [2.45, 2.75) is 13.1 Å². The molecule has 0 radical (unpaired) electrons. The Morgan fingerprint density at radius 2 is 2.05 bits per heavy atom. The van der Waals surface area contributed by atoms with E-state index in [0.29, 0.717) is 13.1 Å². The van der Waals surface area contributed by atoms with E-state index < -0.39 is 0 Å². The molecule has 0 aliphatic rings. The second kappa shape index (κ2) is 6.70. The van der Waals surface area contributed by atoms with Gasteiger partial charge in [-0.25, -0.2) is 9.98 Å². The molecule has 6 heteroatoms. The number of aromatic nitrogens is 3. The van der Waals surface area contributed by atoms with Crippen LogP contribution in [0.2, 0.25) is 0 Å². The van der Waals surface area contributed by atoms with Crippen LogP contribution in [0, 0.1) is 0 Å². The van der Waals surface area contributed by atoms with E-state index in [1.54, 1.807) is 11.0 Å². The maximum atomic E-state index is 4.60. The number of aliphatic imine (C=N–C) groups is 1. The zero-order valence-corrected chi connectivity index (χ0v) is 12.1. The van der Waals surface area contributed by atoms with Gasteiger partial charge in [-0.3, -0.25) is 4.68 Å². The van der Waals surface area contributed by atoms with E-state index in [2.05, 4.69) is 32.5 Å². The third kappa shape index (κ3) is 3.81. The quantitative estimate of drug-likeness (QED) is 0.667. The standard InChI is InChI=1S/C14H20N6/c1-19(2)14(15-9-12-7-5-4-6-8-12)16-10-13-17-11-18-20(13)3/h4-8,11H,9-10H2,1-3H3,(H,15,16). The predicted octanol–water partition coefficient (Wildman–Crippen LogP) is 1.02. The predicted molar refractivity (Wildman–Crippen MR) is 79.1 cm³/mol. The molecular weight excluding hydrogens is 252 g/mol. The van der Waals surface area contributed by atoms with Gasteiger partial charge in [0.1, 0.15) is 12.2 Å². The van der Waals surface area contributed by atoms with Crippen LogP contribution in [0.1, 0.15) is 11.4 Å². The Hall–Kier alpha value is -2.37. The van der Waals surface area contributed by atoms with Crippen molar-refractivity contribution in [2.75, 3.05) is 14.1 Å². The van der Waals surface area contributed by atoms with E-state index in [4.69, 9.17) is 0 Å². The largest absolute Gasteiger partial charge is 0.349 e. The van der Waals surface area contributed by atoms with E-state index in [0.717, 1.165) is 11.8 Å². The fourth-order valence-corrected chi connectivity index (χ4v) is 1.74. The van der Waals surface area contributed by atoms with Crippen molar-refractivity contribution in [3.05, 3.63) is 48.0 Å². The molecule has 0 aliphatic heterocycles. The molecular formula is C14H20N6. The summed E-state index contributed by atoms with van der Waals surface area (Å²) >= 11 is 0. The fourth-order valence-electron chi connectivity index (χ4n) is 1.74. The summed E-state index contributed by atoms with van der Waals surface area (Å²) in [7, 11) is 5.81. The maximum Gasteiger partial charge on any atom is 0.194 e. The zero-order valence-electron chi connectivity index (χ0n) is 12.1. The number of rotatable bonds is 4. The molecule has 1 aromatic heterocycles. The van der Waals surface area contributed by atoms with Gasteiger partial charge in [0.2, 0.25) is 0 Å². The average molecular weight is 272 g/mol. The van der Waals surface area contributed by atoms with Gasteiger partial charge >= 0.3 is 0 Å². The Balaban J connectivity index is 1.98. The summed E-state index contributed by atoms with van der Waals surface area (Å²) in [5.41, 5.74) is 1.19. The molecule has 1 N–H and O–H groups in total. The summed E-state index contributed by atoms with van der Waals surface area (Å²) in [6, 6.07) is 10.2. The van der Waals surface area contributed by atoms with E-state index >= 15 is 0 Å². The molecule has 0 fully saturated rings. The fraction of sp³-hybridized carbons (Fsp3) is 0.357. The van der Waals surface area contributed by atoms with Crippen molar-refractivity contribution in [2.24, 2.45) is 12.0 Å². The molecule has 20 heavy (non-hydrogen) atoms. The Labute approximate surface area is 119 Å². The highest BCUT2D eigenvalue weighted by Crippen LogP contribution is 2.01. The van der Waals surface area contributed by atoms with Gasteiger partial charge in [0.25, 0.3) is 0 Å². The number of guanidine groups is 1. The summed E-state index contributed by atoms with van der Waals surface area (Å²) in [5.74, 6) is 1.70. The molecule has 0 bridgehead atoms. The lowest BCUT2D eigenvalue weighted by atomic mass is 10.2. The Kier molecular flexibility index (Phi) is 4.70. The van der Waals surface area contributed by atoms with Crippen molar-refractivity contribution >= 4 is 5.96 Å². The first-order valence-electron chi connectivity index (χ1n) is 6.49. The Morgan fingerprint density at radius 3 is 2.65 bits per heavy atom. The number of hydrogen-bond donors (Lipinski definition) is 1. The second-order valence-electron chi connectivity index (χ2n) is 4.67. The lowest BCUT2D eigenvalue weighted by molar-refractivity contribution is 0.568. The van der Waals surface area contributed by atoms with Crippen LogP contribution in [0.3, 0.4) is 0 Å². The molecule has 0 aliphatic carbocycles. The minimum absolute atomic E-state index is 0.600. The van der Waals surface area contributed by atoms with Gasteiger partial charge < -0.3 is 10.2 Å². The molecule has 0 amide bonds. The van der Waals surface area contributed by atoms with Crippen LogP contribution in [-0.2, 0) is 20.1 Å². The van der Waals surface area contributed by atoms with Crippen LogP contribution < -0.4 is 5.32 Å². The van der Waals surface area contributed by atoms with Crippen LogP contribution in [0.5, 0.6) is 0 Å². The van der Waals surface area contributed by atoms with Crippen LogP contribution in [0.15, 0.2) is 41.7 Å². The molecule has 0 spiro atoms.